The first kappa shape index (κ1) is 18.8. The van der Waals surface area contributed by atoms with Gasteiger partial charge in [-0.15, -0.1) is 0 Å². The van der Waals surface area contributed by atoms with Gasteiger partial charge in [-0.1, -0.05) is 24.8 Å². The summed E-state index contributed by atoms with van der Waals surface area (Å²) in [6.45, 7) is 7.33. The summed E-state index contributed by atoms with van der Waals surface area (Å²) < 4.78 is 10.5. The number of hydrogen-bond acceptors (Lipinski definition) is 4. The van der Waals surface area contributed by atoms with E-state index in [1.54, 1.807) is 30.1 Å². The minimum absolute atomic E-state index is 0.0824. The monoisotopic (exact) mass is 343 g/mol. The lowest BCUT2D eigenvalue weighted by Crippen LogP contribution is -2.42. The van der Waals surface area contributed by atoms with Gasteiger partial charge >= 0.3 is 5.97 Å². The molecule has 0 radical (unpaired) electrons. The smallest absolute Gasteiger partial charge is 0.310 e. The van der Waals surface area contributed by atoms with E-state index in [4.69, 9.17) is 9.47 Å². The third-order valence-corrected chi connectivity index (χ3v) is 4.02. The van der Waals surface area contributed by atoms with Crippen molar-refractivity contribution in [1.29, 1.82) is 0 Å². The average molecular weight is 343 g/mol. The van der Waals surface area contributed by atoms with Crippen LogP contribution in [0.5, 0.6) is 5.75 Å². The maximum Gasteiger partial charge on any atom is 0.310 e. The van der Waals surface area contributed by atoms with Crippen LogP contribution in [0, 0.1) is 5.92 Å². The Labute approximate surface area is 148 Å². The fourth-order valence-corrected chi connectivity index (χ4v) is 2.73. The van der Waals surface area contributed by atoms with E-state index in [2.05, 4.69) is 6.58 Å². The van der Waals surface area contributed by atoms with Crippen molar-refractivity contribution in [3.63, 3.8) is 0 Å². The fourth-order valence-electron chi connectivity index (χ4n) is 2.73. The summed E-state index contributed by atoms with van der Waals surface area (Å²) in [4.78, 5) is 25.9. The molecule has 1 aromatic rings. The number of benzene rings is 1. The zero-order valence-electron chi connectivity index (χ0n) is 14.6. The van der Waals surface area contributed by atoms with Gasteiger partial charge in [-0.05, 0) is 43.5 Å². The maximum absolute atomic E-state index is 12.4. The standard InChI is InChI=1S/C20H25NO4/c1-3-14-25-18-10-7-16(8-11-18)9-12-19(22)21-13-5-6-17(15-21)20(23)24-4-2/h3,7-12,17H,1,4-6,13-15H2,2H3/b12-9+. The number of rotatable bonds is 7. The molecular formula is C20H25NO4. The van der Waals surface area contributed by atoms with Crippen molar-refractivity contribution in [2.24, 2.45) is 5.92 Å². The molecule has 1 saturated heterocycles. The van der Waals surface area contributed by atoms with Crippen molar-refractivity contribution < 1.29 is 19.1 Å². The number of esters is 1. The van der Waals surface area contributed by atoms with Crippen LogP contribution in [-0.4, -0.2) is 43.1 Å². The van der Waals surface area contributed by atoms with Crippen LogP contribution in [0.1, 0.15) is 25.3 Å². The lowest BCUT2D eigenvalue weighted by molar-refractivity contribution is -0.150. The van der Waals surface area contributed by atoms with Gasteiger partial charge in [0.2, 0.25) is 5.91 Å². The number of carbonyl (C=O) groups excluding carboxylic acids is 2. The predicted molar refractivity (Wildman–Crippen MR) is 97.1 cm³/mol. The van der Waals surface area contributed by atoms with Crippen LogP contribution in [-0.2, 0) is 14.3 Å². The molecule has 5 heteroatoms. The number of likely N-dealkylation sites (tertiary alicyclic amines) is 1. The summed E-state index contributed by atoms with van der Waals surface area (Å²) >= 11 is 0. The van der Waals surface area contributed by atoms with Crippen LogP contribution < -0.4 is 4.74 Å². The average Bonchev–Trinajstić information content (AvgIpc) is 2.65. The highest BCUT2D eigenvalue weighted by molar-refractivity contribution is 5.92. The third kappa shape index (κ3) is 5.78. The van der Waals surface area contributed by atoms with E-state index in [9.17, 15) is 9.59 Å². The minimum atomic E-state index is -0.215. The molecule has 0 N–H and O–H groups in total. The predicted octanol–water partition coefficient (Wildman–Crippen LogP) is 3.07. The molecule has 5 nitrogen and oxygen atoms in total. The largest absolute Gasteiger partial charge is 0.490 e. The second kappa shape index (κ2) is 9.67. The van der Waals surface area contributed by atoms with E-state index in [1.165, 1.54) is 0 Å². The molecule has 1 fully saturated rings. The summed E-state index contributed by atoms with van der Waals surface area (Å²) in [5, 5.41) is 0. The molecule has 1 atom stereocenters. The van der Waals surface area contributed by atoms with Crippen LogP contribution in [0.15, 0.2) is 43.0 Å². The fraction of sp³-hybridized carbons (Fsp3) is 0.400. The van der Waals surface area contributed by atoms with Crippen molar-refractivity contribution in [2.75, 3.05) is 26.3 Å². The molecule has 0 aromatic heterocycles. The number of ether oxygens (including phenoxy) is 2. The first-order chi connectivity index (χ1) is 12.1. The van der Waals surface area contributed by atoms with Gasteiger partial charge in [0.1, 0.15) is 12.4 Å². The molecule has 1 aliphatic rings. The molecule has 1 amide bonds. The molecule has 0 bridgehead atoms. The van der Waals surface area contributed by atoms with E-state index in [0.29, 0.717) is 26.3 Å². The number of carbonyl (C=O) groups is 2. The van der Waals surface area contributed by atoms with Crippen molar-refractivity contribution >= 4 is 18.0 Å². The van der Waals surface area contributed by atoms with Crippen molar-refractivity contribution in [2.45, 2.75) is 19.8 Å². The van der Waals surface area contributed by atoms with Crippen LogP contribution in [0.2, 0.25) is 0 Å². The summed E-state index contributed by atoms with van der Waals surface area (Å²) in [5.74, 6) is 0.254. The highest BCUT2D eigenvalue weighted by atomic mass is 16.5. The van der Waals surface area contributed by atoms with Gasteiger partial charge in [-0.3, -0.25) is 9.59 Å². The molecule has 2 rings (SSSR count). The zero-order chi connectivity index (χ0) is 18.1. The summed E-state index contributed by atoms with van der Waals surface area (Å²) in [6, 6.07) is 7.48. The van der Waals surface area contributed by atoms with Gasteiger partial charge < -0.3 is 14.4 Å². The second-order valence-electron chi connectivity index (χ2n) is 5.88. The van der Waals surface area contributed by atoms with Crippen molar-refractivity contribution in [1.82, 2.24) is 4.90 Å². The number of hydrogen-bond donors (Lipinski definition) is 0. The van der Waals surface area contributed by atoms with Crippen LogP contribution in [0.4, 0.5) is 0 Å². The summed E-state index contributed by atoms with van der Waals surface area (Å²) in [6.07, 6.45) is 6.60. The lowest BCUT2D eigenvalue weighted by atomic mass is 9.98. The van der Waals surface area contributed by atoms with E-state index in [1.807, 2.05) is 24.3 Å². The van der Waals surface area contributed by atoms with E-state index in [0.717, 1.165) is 24.2 Å². The molecule has 0 spiro atoms. The van der Waals surface area contributed by atoms with E-state index in [-0.39, 0.29) is 17.8 Å². The van der Waals surface area contributed by atoms with Gasteiger partial charge in [-0.25, -0.2) is 0 Å². The van der Waals surface area contributed by atoms with Crippen LogP contribution >= 0.6 is 0 Å². The topological polar surface area (TPSA) is 55.8 Å². The second-order valence-corrected chi connectivity index (χ2v) is 5.88. The summed E-state index contributed by atoms with van der Waals surface area (Å²) in [5.41, 5.74) is 0.915. The zero-order valence-corrected chi connectivity index (χ0v) is 14.6. The Hall–Kier alpha value is -2.56. The molecule has 1 aliphatic heterocycles. The Kier molecular flexibility index (Phi) is 7.26. The van der Waals surface area contributed by atoms with Gasteiger partial charge in [-0.2, -0.15) is 0 Å². The highest BCUT2D eigenvalue weighted by Crippen LogP contribution is 2.19. The highest BCUT2D eigenvalue weighted by Gasteiger charge is 2.28. The van der Waals surface area contributed by atoms with Gasteiger partial charge in [0.05, 0.1) is 12.5 Å². The maximum atomic E-state index is 12.4. The number of piperidine rings is 1. The molecule has 0 aliphatic carbocycles. The van der Waals surface area contributed by atoms with Crippen molar-refractivity contribution in [3.8, 4) is 5.75 Å². The van der Waals surface area contributed by atoms with E-state index < -0.39 is 0 Å². The molecule has 1 aromatic carbocycles. The Morgan fingerprint density at radius 1 is 1.32 bits per heavy atom. The third-order valence-electron chi connectivity index (χ3n) is 4.02. The quantitative estimate of drug-likeness (QED) is 0.434. The SMILES string of the molecule is C=CCOc1ccc(/C=C/C(=O)N2CCCC(C(=O)OCC)C2)cc1. The van der Waals surface area contributed by atoms with Gasteiger partial charge in [0.25, 0.3) is 0 Å². The van der Waals surface area contributed by atoms with E-state index >= 15 is 0 Å². The molecule has 1 unspecified atom stereocenters. The lowest BCUT2D eigenvalue weighted by Gasteiger charge is -2.30. The normalized spacial score (nSPS) is 17.3. The van der Waals surface area contributed by atoms with Crippen LogP contribution in [0.3, 0.4) is 0 Å². The Morgan fingerprint density at radius 2 is 2.08 bits per heavy atom. The van der Waals surface area contributed by atoms with Crippen LogP contribution in [0.25, 0.3) is 6.08 Å². The molecule has 134 valence electrons. The summed E-state index contributed by atoms with van der Waals surface area (Å²) in [7, 11) is 0. The number of nitrogens with zero attached hydrogens (tertiary/aromatic N) is 1. The Bertz CT molecular complexity index is 621. The molecule has 0 saturated carbocycles. The Balaban J connectivity index is 1.90. The molecule has 25 heavy (non-hydrogen) atoms. The van der Waals surface area contributed by atoms with Gasteiger partial charge in [0, 0.05) is 19.2 Å². The Morgan fingerprint density at radius 3 is 2.76 bits per heavy atom. The molecule has 1 heterocycles. The molecular weight excluding hydrogens is 318 g/mol. The van der Waals surface area contributed by atoms with Crippen molar-refractivity contribution in [3.05, 3.63) is 48.6 Å². The minimum Gasteiger partial charge on any atom is -0.490 e. The first-order valence-electron chi connectivity index (χ1n) is 8.61. The first-order valence-corrected chi connectivity index (χ1v) is 8.61. The van der Waals surface area contributed by atoms with Gasteiger partial charge in [0.15, 0.2) is 0 Å². The number of amides is 1.